The fraction of sp³-hybridized carbons (Fsp3) is 0.412. The summed E-state index contributed by atoms with van der Waals surface area (Å²) < 4.78 is 0. The molecule has 4 heteroatoms. The molecule has 0 aliphatic carbocycles. The first kappa shape index (κ1) is 15.4. The Morgan fingerprint density at radius 1 is 1.05 bits per heavy atom. The molecular weight excluding hydrogens is 260 g/mol. The van der Waals surface area contributed by atoms with E-state index < -0.39 is 0 Å². The second-order valence-electron chi connectivity index (χ2n) is 5.23. The highest BCUT2D eigenvalue weighted by molar-refractivity contribution is 5.29. The number of benzene rings is 1. The maximum Gasteiger partial charge on any atom is 0.225 e. The molecule has 0 saturated heterocycles. The van der Waals surface area contributed by atoms with Gasteiger partial charge in [-0.1, -0.05) is 37.3 Å². The molecule has 1 aromatic carbocycles. The topological polar surface area (TPSA) is 41.1 Å². The van der Waals surface area contributed by atoms with Gasteiger partial charge in [-0.3, -0.25) is 0 Å². The van der Waals surface area contributed by atoms with Gasteiger partial charge >= 0.3 is 0 Å². The molecule has 2 aromatic rings. The van der Waals surface area contributed by atoms with E-state index in [-0.39, 0.29) is 0 Å². The third-order valence-electron chi connectivity index (χ3n) is 3.37. The van der Waals surface area contributed by atoms with Crippen LogP contribution in [0.4, 0.5) is 5.95 Å². The number of nitrogens with zero attached hydrogens (tertiary/aromatic N) is 3. The zero-order valence-electron chi connectivity index (χ0n) is 12.9. The normalized spacial score (nSPS) is 10.6. The van der Waals surface area contributed by atoms with Crippen molar-refractivity contribution in [1.82, 2.24) is 15.3 Å². The maximum absolute atomic E-state index is 4.44. The van der Waals surface area contributed by atoms with Gasteiger partial charge in [0.2, 0.25) is 5.95 Å². The summed E-state index contributed by atoms with van der Waals surface area (Å²) in [5.41, 5.74) is 2.47. The zero-order valence-corrected chi connectivity index (χ0v) is 12.9. The molecule has 0 unspecified atom stereocenters. The highest BCUT2D eigenvalue weighted by atomic mass is 15.2. The van der Waals surface area contributed by atoms with E-state index in [1.807, 2.05) is 25.5 Å². The lowest BCUT2D eigenvalue weighted by molar-refractivity contribution is 0.671. The van der Waals surface area contributed by atoms with Crippen molar-refractivity contribution in [3.05, 3.63) is 53.9 Å². The van der Waals surface area contributed by atoms with E-state index in [1.165, 1.54) is 5.56 Å². The number of rotatable bonds is 8. The highest BCUT2D eigenvalue weighted by Crippen LogP contribution is 2.07. The first-order valence-corrected chi connectivity index (χ1v) is 7.56. The predicted octanol–water partition coefficient (Wildman–Crippen LogP) is 2.66. The van der Waals surface area contributed by atoms with Gasteiger partial charge in [0.05, 0.1) is 0 Å². The fourth-order valence-electron chi connectivity index (χ4n) is 2.09. The summed E-state index contributed by atoms with van der Waals surface area (Å²) in [4.78, 5) is 11.0. The molecule has 112 valence electrons. The number of aromatic nitrogens is 2. The maximum atomic E-state index is 4.44. The van der Waals surface area contributed by atoms with E-state index in [9.17, 15) is 0 Å². The summed E-state index contributed by atoms with van der Waals surface area (Å²) in [7, 11) is 2.03. The smallest absolute Gasteiger partial charge is 0.225 e. The molecule has 21 heavy (non-hydrogen) atoms. The Morgan fingerprint density at radius 2 is 1.76 bits per heavy atom. The van der Waals surface area contributed by atoms with Gasteiger partial charge < -0.3 is 10.2 Å². The SMILES string of the molecule is CCCNCc1cnc(N(C)CCc2ccccc2)nc1. The molecule has 2 rings (SSSR count). The average Bonchev–Trinajstić information content (AvgIpc) is 2.54. The van der Waals surface area contributed by atoms with Gasteiger partial charge in [0.1, 0.15) is 0 Å². The van der Waals surface area contributed by atoms with Crippen molar-refractivity contribution < 1.29 is 0 Å². The molecule has 0 spiro atoms. The third kappa shape index (κ3) is 5.16. The van der Waals surface area contributed by atoms with Gasteiger partial charge in [0.25, 0.3) is 0 Å². The number of hydrogen-bond donors (Lipinski definition) is 1. The van der Waals surface area contributed by atoms with Gasteiger partial charge in [-0.2, -0.15) is 0 Å². The van der Waals surface area contributed by atoms with E-state index in [1.54, 1.807) is 0 Å². The van der Waals surface area contributed by atoms with Crippen LogP contribution >= 0.6 is 0 Å². The Hall–Kier alpha value is -1.94. The Balaban J connectivity index is 1.83. The van der Waals surface area contributed by atoms with Gasteiger partial charge in [-0.05, 0) is 24.9 Å². The molecule has 0 bridgehead atoms. The van der Waals surface area contributed by atoms with Crippen LogP contribution in [0.1, 0.15) is 24.5 Å². The highest BCUT2D eigenvalue weighted by Gasteiger charge is 2.04. The van der Waals surface area contributed by atoms with Crippen LogP contribution in [0.5, 0.6) is 0 Å². The summed E-state index contributed by atoms with van der Waals surface area (Å²) in [6.07, 6.45) is 5.95. The lowest BCUT2D eigenvalue weighted by atomic mass is 10.1. The standard InChI is InChI=1S/C17H24N4/c1-3-10-18-12-16-13-19-17(20-14-16)21(2)11-9-15-7-5-4-6-8-15/h4-8,13-14,18H,3,9-12H2,1-2H3. The Bertz CT molecular complexity index is 510. The number of likely N-dealkylation sites (N-methyl/N-ethyl adjacent to an activating group) is 1. The zero-order chi connectivity index (χ0) is 14.9. The third-order valence-corrected chi connectivity index (χ3v) is 3.37. The Morgan fingerprint density at radius 3 is 2.43 bits per heavy atom. The van der Waals surface area contributed by atoms with Crippen LogP contribution in [-0.2, 0) is 13.0 Å². The van der Waals surface area contributed by atoms with Crippen LogP contribution in [0.2, 0.25) is 0 Å². The lowest BCUT2D eigenvalue weighted by Gasteiger charge is -2.17. The Labute approximate surface area is 127 Å². The molecule has 0 amide bonds. The summed E-state index contributed by atoms with van der Waals surface area (Å²) in [5, 5.41) is 3.35. The number of nitrogens with one attached hydrogen (secondary N) is 1. The first-order valence-electron chi connectivity index (χ1n) is 7.56. The predicted molar refractivity (Wildman–Crippen MR) is 87.4 cm³/mol. The van der Waals surface area contributed by atoms with E-state index >= 15 is 0 Å². The van der Waals surface area contributed by atoms with Gasteiger partial charge in [-0.25, -0.2) is 9.97 Å². The molecular formula is C17H24N4. The van der Waals surface area contributed by atoms with Crippen molar-refractivity contribution in [1.29, 1.82) is 0 Å². The minimum absolute atomic E-state index is 0.783. The number of hydrogen-bond acceptors (Lipinski definition) is 4. The van der Waals surface area contributed by atoms with Crippen LogP contribution in [0.3, 0.4) is 0 Å². The molecule has 0 saturated carbocycles. The molecule has 0 radical (unpaired) electrons. The summed E-state index contributed by atoms with van der Waals surface area (Å²) in [6, 6.07) is 10.5. The van der Waals surface area contributed by atoms with Crippen molar-refractivity contribution in [3.63, 3.8) is 0 Å². The van der Waals surface area contributed by atoms with Crippen LogP contribution in [0.25, 0.3) is 0 Å². The summed E-state index contributed by atoms with van der Waals surface area (Å²) in [6.45, 7) is 4.94. The van der Waals surface area contributed by atoms with Crippen LogP contribution < -0.4 is 10.2 Å². The van der Waals surface area contributed by atoms with Crippen molar-refractivity contribution in [2.75, 3.05) is 25.0 Å². The molecule has 1 heterocycles. The van der Waals surface area contributed by atoms with E-state index in [0.717, 1.165) is 44.0 Å². The second-order valence-corrected chi connectivity index (χ2v) is 5.23. The molecule has 1 N–H and O–H groups in total. The van der Waals surface area contributed by atoms with Crippen LogP contribution in [0.15, 0.2) is 42.7 Å². The van der Waals surface area contributed by atoms with Crippen LogP contribution in [0, 0.1) is 0 Å². The lowest BCUT2D eigenvalue weighted by Crippen LogP contribution is -2.23. The minimum atomic E-state index is 0.783. The van der Waals surface area contributed by atoms with E-state index in [0.29, 0.717) is 0 Å². The minimum Gasteiger partial charge on any atom is -0.344 e. The van der Waals surface area contributed by atoms with Crippen molar-refractivity contribution in [2.24, 2.45) is 0 Å². The quantitative estimate of drug-likeness (QED) is 0.757. The van der Waals surface area contributed by atoms with Crippen molar-refractivity contribution in [2.45, 2.75) is 26.3 Å². The van der Waals surface area contributed by atoms with E-state index in [4.69, 9.17) is 0 Å². The fourth-order valence-corrected chi connectivity index (χ4v) is 2.09. The molecule has 0 aliphatic rings. The monoisotopic (exact) mass is 284 g/mol. The summed E-state index contributed by atoms with van der Waals surface area (Å²) >= 11 is 0. The van der Waals surface area contributed by atoms with Gasteiger partial charge in [0, 0.05) is 38.1 Å². The van der Waals surface area contributed by atoms with E-state index in [2.05, 4.69) is 51.4 Å². The molecule has 4 nitrogen and oxygen atoms in total. The molecule has 0 atom stereocenters. The Kier molecular flexibility index (Phi) is 6.16. The first-order chi connectivity index (χ1) is 10.3. The molecule has 1 aromatic heterocycles. The van der Waals surface area contributed by atoms with Crippen molar-refractivity contribution in [3.8, 4) is 0 Å². The van der Waals surface area contributed by atoms with Gasteiger partial charge in [0.15, 0.2) is 0 Å². The molecule has 0 aliphatic heterocycles. The van der Waals surface area contributed by atoms with Gasteiger partial charge in [-0.15, -0.1) is 0 Å². The van der Waals surface area contributed by atoms with Crippen molar-refractivity contribution >= 4 is 5.95 Å². The average molecular weight is 284 g/mol. The number of anilines is 1. The molecule has 0 fully saturated rings. The second kappa shape index (κ2) is 8.37. The summed E-state index contributed by atoms with van der Waals surface area (Å²) in [5.74, 6) is 0.783. The van der Waals surface area contributed by atoms with Crippen LogP contribution in [-0.4, -0.2) is 30.1 Å². The largest absolute Gasteiger partial charge is 0.344 e.